The van der Waals surface area contributed by atoms with Gasteiger partial charge < -0.3 is 16.4 Å². The SMILES string of the molecule is CCc1cccc(F)c1N(C)C(=N)N=C(N)N. The Kier molecular flexibility index (Phi) is 4.03. The van der Waals surface area contributed by atoms with Crippen LogP contribution in [0.1, 0.15) is 12.5 Å². The molecule has 17 heavy (non-hydrogen) atoms. The molecule has 92 valence electrons. The van der Waals surface area contributed by atoms with Crippen LogP contribution >= 0.6 is 0 Å². The zero-order valence-corrected chi connectivity index (χ0v) is 9.87. The molecular weight excluding hydrogens is 221 g/mol. The fourth-order valence-corrected chi connectivity index (χ4v) is 1.52. The summed E-state index contributed by atoms with van der Waals surface area (Å²) in [5.74, 6) is -0.830. The minimum atomic E-state index is -0.401. The lowest BCUT2D eigenvalue weighted by Crippen LogP contribution is -2.31. The minimum Gasteiger partial charge on any atom is -0.370 e. The molecule has 5 N–H and O–H groups in total. The summed E-state index contributed by atoms with van der Waals surface area (Å²) in [6.45, 7) is 1.91. The zero-order chi connectivity index (χ0) is 13.0. The summed E-state index contributed by atoms with van der Waals surface area (Å²) in [5.41, 5.74) is 11.5. The van der Waals surface area contributed by atoms with E-state index < -0.39 is 5.82 Å². The molecule has 0 saturated heterocycles. The Balaban J connectivity index is 3.15. The van der Waals surface area contributed by atoms with Gasteiger partial charge in [0, 0.05) is 7.05 Å². The summed E-state index contributed by atoms with van der Waals surface area (Å²) < 4.78 is 13.7. The van der Waals surface area contributed by atoms with E-state index >= 15 is 0 Å². The Morgan fingerprint density at radius 1 is 1.47 bits per heavy atom. The topological polar surface area (TPSA) is 91.5 Å². The van der Waals surface area contributed by atoms with Crippen LogP contribution in [-0.4, -0.2) is 19.0 Å². The molecule has 1 rings (SSSR count). The standard InChI is InChI=1S/C11H16FN5/c1-3-7-5-4-6-8(12)9(7)17(2)11(15)16-10(13)14/h4-6H,3H2,1-2H3,(H5,13,14,15,16). The molecule has 1 aromatic rings. The second-order valence-electron chi connectivity index (χ2n) is 3.52. The smallest absolute Gasteiger partial charge is 0.225 e. The van der Waals surface area contributed by atoms with Crippen LogP contribution in [-0.2, 0) is 6.42 Å². The summed E-state index contributed by atoms with van der Waals surface area (Å²) in [6, 6.07) is 4.78. The minimum absolute atomic E-state index is 0.204. The quantitative estimate of drug-likeness (QED) is 0.530. The highest BCUT2D eigenvalue weighted by atomic mass is 19.1. The van der Waals surface area contributed by atoms with Crippen molar-refractivity contribution < 1.29 is 4.39 Å². The van der Waals surface area contributed by atoms with E-state index in [9.17, 15) is 4.39 Å². The number of guanidine groups is 2. The summed E-state index contributed by atoms with van der Waals surface area (Å²) >= 11 is 0. The Morgan fingerprint density at radius 3 is 2.65 bits per heavy atom. The predicted molar refractivity (Wildman–Crippen MR) is 67.7 cm³/mol. The molecule has 0 amide bonds. The van der Waals surface area contributed by atoms with Crippen molar-refractivity contribution in [1.82, 2.24) is 0 Å². The number of nitrogens with two attached hydrogens (primary N) is 2. The molecule has 0 aliphatic rings. The molecule has 0 heterocycles. The average Bonchev–Trinajstić information content (AvgIpc) is 2.26. The second kappa shape index (κ2) is 5.29. The number of hydrogen-bond acceptors (Lipinski definition) is 1. The maximum atomic E-state index is 13.7. The lowest BCUT2D eigenvalue weighted by atomic mass is 10.1. The molecular formula is C11H16FN5. The lowest BCUT2D eigenvalue weighted by Gasteiger charge is -2.20. The van der Waals surface area contributed by atoms with Crippen LogP contribution in [0.5, 0.6) is 0 Å². The molecule has 0 spiro atoms. The third-order valence-electron chi connectivity index (χ3n) is 2.34. The van der Waals surface area contributed by atoms with Crippen molar-refractivity contribution in [3.8, 4) is 0 Å². The molecule has 0 bridgehead atoms. The van der Waals surface area contributed by atoms with Crippen molar-refractivity contribution >= 4 is 17.6 Å². The molecule has 1 aromatic carbocycles. The van der Waals surface area contributed by atoms with Gasteiger partial charge in [-0.2, -0.15) is 4.99 Å². The van der Waals surface area contributed by atoms with Crippen LogP contribution in [0.4, 0.5) is 10.1 Å². The van der Waals surface area contributed by atoms with Crippen LogP contribution in [0.25, 0.3) is 0 Å². The van der Waals surface area contributed by atoms with Gasteiger partial charge >= 0.3 is 0 Å². The number of benzene rings is 1. The van der Waals surface area contributed by atoms with E-state index in [1.54, 1.807) is 19.2 Å². The summed E-state index contributed by atoms with van der Waals surface area (Å²) in [5, 5.41) is 7.64. The van der Waals surface area contributed by atoms with Crippen molar-refractivity contribution in [3.05, 3.63) is 29.6 Å². The Morgan fingerprint density at radius 2 is 2.12 bits per heavy atom. The zero-order valence-electron chi connectivity index (χ0n) is 9.87. The van der Waals surface area contributed by atoms with E-state index in [-0.39, 0.29) is 11.9 Å². The van der Waals surface area contributed by atoms with E-state index in [2.05, 4.69) is 4.99 Å². The Labute approximate surface area is 99.4 Å². The number of nitrogens with zero attached hydrogens (tertiary/aromatic N) is 2. The van der Waals surface area contributed by atoms with Crippen molar-refractivity contribution in [2.75, 3.05) is 11.9 Å². The summed E-state index contributed by atoms with van der Waals surface area (Å²) in [7, 11) is 1.55. The van der Waals surface area contributed by atoms with Gasteiger partial charge in [0.05, 0.1) is 5.69 Å². The normalized spacial score (nSPS) is 9.82. The first-order chi connectivity index (χ1) is 7.97. The van der Waals surface area contributed by atoms with Crippen molar-refractivity contribution in [2.24, 2.45) is 16.5 Å². The second-order valence-corrected chi connectivity index (χ2v) is 3.52. The highest BCUT2D eigenvalue weighted by Gasteiger charge is 2.15. The van der Waals surface area contributed by atoms with Crippen molar-refractivity contribution in [3.63, 3.8) is 0 Å². The number of aryl methyl sites for hydroxylation is 1. The number of aliphatic imine (C=N–C) groups is 1. The average molecular weight is 237 g/mol. The number of hydrogen-bond donors (Lipinski definition) is 3. The Hall–Kier alpha value is -2.11. The van der Waals surface area contributed by atoms with Crippen LogP contribution in [0.2, 0.25) is 0 Å². The molecule has 0 radical (unpaired) electrons. The van der Waals surface area contributed by atoms with E-state index in [0.717, 1.165) is 5.56 Å². The first kappa shape index (κ1) is 13.0. The number of halogens is 1. The Bertz CT molecular complexity index is 451. The van der Waals surface area contributed by atoms with Gasteiger partial charge in [0.2, 0.25) is 5.96 Å². The molecule has 0 aliphatic heterocycles. The van der Waals surface area contributed by atoms with Gasteiger partial charge in [-0.15, -0.1) is 0 Å². The maximum absolute atomic E-state index is 13.7. The van der Waals surface area contributed by atoms with E-state index in [0.29, 0.717) is 12.1 Å². The van der Waals surface area contributed by atoms with Gasteiger partial charge in [0.1, 0.15) is 5.82 Å². The molecule has 0 aliphatic carbocycles. The monoisotopic (exact) mass is 237 g/mol. The first-order valence-corrected chi connectivity index (χ1v) is 5.16. The molecule has 0 fully saturated rings. The fourth-order valence-electron chi connectivity index (χ4n) is 1.52. The first-order valence-electron chi connectivity index (χ1n) is 5.16. The van der Waals surface area contributed by atoms with E-state index in [1.165, 1.54) is 11.0 Å². The molecule has 5 nitrogen and oxygen atoms in total. The highest BCUT2D eigenvalue weighted by molar-refractivity contribution is 6.01. The van der Waals surface area contributed by atoms with Crippen LogP contribution in [0, 0.1) is 11.2 Å². The van der Waals surface area contributed by atoms with Gasteiger partial charge in [0.15, 0.2) is 5.96 Å². The maximum Gasteiger partial charge on any atom is 0.225 e. The molecule has 0 unspecified atom stereocenters. The number of rotatable bonds is 2. The molecule has 6 heteroatoms. The van der Waals surface area contributed by atoms with Gasteiger partial charge in [-0.25, -0.2) is 4.39 Å². The van der Waals surface area contributed by atoms with Crippen LogP contribution in [0.3, 0.4) is 0 Å². The van der Waals surface area contributed by atoms with Gasteiger partial charge in [-0.05, 0) is 18.1 Å². The summed E-state index contributed by atoms with van der Waals surface area (Å²) in [6.07, 6.45) is 0.659. The van der Waals surface area contributed by atoms with Crippen molar-refractivity contribution in [2.45, 2.75) is 13.3 Å². The number of nitrogens with one attached hydrogen (secondary N) is 1. The van der Waals surface area contributed by atoms with E-state index in [1.807, 2.05) is 6.92 Å². The van der Waals surface area contributed by atoms with Gasteiger partial charge in [-0.1, -0.05) is 19.1 Å². The van der Waals surface area contributed by atoms with E-state index in [4.69, 9.17) is 16.9 Å². The largest absolute Gasteiger partial charge is 0.370 e. The number of para-hydroxylation sites is 1. The fraction of sp³-hybridized carbons (Fsp3) is 0.273. The third kappa shape index (κ3) is 2.93. The predicted octanol–water partition coefficient (Wildman–Crippen LogP) is 1.03. The van der Waals surface area contributed by atoms with Gasteiger partial charge in [-0.3, -0.25) is 5.41 Å². The van der Waals surface area contributed by atoms with Crippen LogP contribution in [0.15, 0.2) is 23.2 Å². The van der Waals surface area contributed by atoms with Crippen LogP contribution < -0.4 is 16.4 Å². The lowest BCUT2D eigenvalue weighted by molar-refractivity contribution is 0.626. The van der Waals surface area contributed by atoms with Crippen molar-refractivity contribution in [1.29, 1.82) is 5.41 Å². The molecule has 0 saturated carbocycles. The molecule has 0 atom stereocenters. The van der Waals surface area contributed by atoms with Gasteiger partial charge in [0.25, 0.3) is 0 Å². The highest BCUT2D eigenvalue weighted by Crippen LogP contribution is 2.24. The number of anilines is 1. The molecule has 0 aromatic heterocycles. The summed E-state index contributed by atoms with van der Waals surface area (Å²) in [4.78, 5) is 4.90. The third-order valence-corrected chi connectivity index (χ3v) is 2.34.